The van der Waals surface area contributed by atoms with Gasteiger partial charge in [-0.05, 0) is 20.3 Å². The predicted molar refractivity (Wildman–Crippen MR) is 58.0 cm³/mol. The van der Waals surface area contributed by atoms with Gasteiger partial charge in [0.15, 0.2) is 10.8 Å². The second-order valence-corrected chi connectivity index (χ2v) is 4.30. The van der Waals surface area contributed by atoms with Crippen LogP contribution in [0.2, 0.25) is 0 Å². The number of hydrogen-bond acceptors (Lipinski definition) is 4. The van der Waals surface area contributed by atoms with Gasteiger partial charge in [0.05, 0.1) is 0 Å². The second-order valence-electron chi connectivity index (χ2n) is 4.30. The van der Waals surface area contributed by atoms with Crippen LogP contribution in [0.4, 0.5) is 0 Å². The van der Waals surface area contributed by atoms with E-state index in [2.05, 4.69) is 15.0 Å². The highest BCUT2D eigenvalue weighted by molar-refractivity contribution is 4.94. The van der Waals surface area contributed by atoms with Crippen LogP contribution in [-0.2, 0) is 6.54 Å². The molecule has 16 heavy (non-hydrogen) atoms. The topological polar surface area (TPSA) is 79.6 Å². The SMILES string of the molecule is CCCn1c(=O)[nH]c2c(c1=O)=NC(C)(C)N=2. The summed E-state index contributed by atoms with van der Waals surface area (Å²) in [4.78, 5) is 34.5. The molecule has 6 nitrogen and oxygen atoms in total. The van der Waals surface area contributed by atoms with E-state index in [0.717, 1.165) is 6.42 Å². The van der Waals surface area contributed by atoms with Crippen LogP contribution in [0.3, 0.4) is 0 Å². The molecule has 2 rings (SSSR count). The van der Waals surface area contributed by atoms with Crippen LogP contribution < -0.4 is 22.1 Å². The minimum absolute atomic E-state index is 0.262. The lowest BCUT2D eigenvalue weighted by Crippen LogP contribution is -2.52. The number of H-pyrrole nitrogens is 1. The zero-order valence-electron chi connectivity index (χ0n) is 9.57. The van der Waals surface area contributed by atoms with Crippen molar-refractivity contribution in [3.63, 3.8) is 0 Å². The number of fused-ring (bicyclic) bond motifs is 1. The van der Waals surface area contributed by atoms with Gasteiger partial charge >= 0.3 is 5.69 Å². The molecule has 1 aromatic heterocycles. The highest BCUT2D eigenvalue weighted by Crippen LogP contribution is 2.08. The summed E-state index contributed by atoms with van der Waals surface area (Å²) < 4.78 is 1.17. The van der Waals surface area contributed by atoms with E-state index in [1.807, 2.05) is 6.92 Å². The molecule has 0 spiro atoms. The van der Waals surface area contributed by atoms with E-state index in [1.54, 1.807) is 13.8 Å². The van der Waals surface area contributed by atoms with Crippen LogP contribution in [0.15, 0.2) is 19.6 Å². The van der Waals surface area contributed by atoms with E-state index in [1.165, 1.54) is 4.57 Å². The van der Waals surface area contributed by atoms with Crippen molar-refractivity contribution >= 4 is 0 Å². The lowest BCUT2D eigenvalue weighted by molar-refractivity contribution is 0.546. The van der Waals surface area contributed by atoms with Crippen molar-refractivity contribution < 1.29 is 0 Å². The quantitative estimate of drug-likeness (QED) is 0.692. The maximum atomic E-state index is 11.9. The van der Waals surface area contributed by atoms with E-state index in [-0.39, 0.29) is 10.9 Å². The van der Waals surface area contributed by atoms with E-state index in [4.69, 9.17) is 0 Å². The van der Waals surface area contributed by atoms with E-state index in [9.17, 15) is 9.59 Å². The van der Waals surface area contributed by atoms with Gasteiger partial charge in [-0.3, -0.25) is 14.3 Å². The van der Waals surface area contributed by atoms with Crippen molar-refractivity contribution in [1.29, 1.82) is 0 Å². The maximum absolute atomic E-state index is 11.9. The average Bonchev–Trinajstić information content (AvgIpc) is 2.48. The summed E-state index contributed by atoms with van der Waals surface area (Å²) in [6.45, 7) is 5.88. The monoisotopic (exact) mass is 222 g/mol. The Morgan fingerprint density at radius 1 is 1.31 bits per heavy atom. The highest BCUT2D eigenvalue weighted by atomic mass is 16.2. The molecule has 1 aliphatic heterocycles. The summed E-state index contributed by atoms with van der Waals surface area (Å²) in [5.74, 6) is 0. The van der Waals surface area contributed by atoms with E-state index < -0.39 is 11.4 Å². The number of nitrogens with one attached hydrogen (secondary N) is 1. The van der Waals surface area contributed by atoms with Crippen molar-refractivity contribution in [1.82, 2.24) is 9.55 Å². The predicted octanol–water partition coefficient (Wildman–Crippen LogP) is -1.06. The van der Waals surface area contributed by atoms with Crippen LogP contribution in [0, 0.1) is 0 Å². The summed E-state index contributed by atoms with van der Waals surface area (Å²) in [7, 11) is 0. The van der Waals surface area contributed by atoms with Crippen LogP contribution >= 0.6 is 0 Å². The third kappa shape index (κ3) is 1.60. The normalized spacial score (nSPS) is 16.4. The number of aromatic nitrogens is 2. The second kappa shape index (κ2) is 3.40. The summed E-state index contributed by atoms with van der Waals surface area (Å²) in [5.41, 5.74) is -1.12. The van der Waals surface area contributed by atoms with Crippen molar-refractivity contribution in [2.75, 3.05) is 0 Å². The smallest absolute Gasteiger partial charge is 0.290 e. The number of hydrogen-bond donors (Lipinski definition) is 1. The Hall–Kier alpha value is -1.72. The minimum Gasteiger partial charge on any atom is -0.290 e. The van der Waals surface area contributed by atoms with Gasteiger partial charge in [0.25, 0.3) is 5.56 Å². The highest BCUT2D eigenvalue weighted by Gasteiger charge is 2.21. The van der Waals surface area contributed by atoms with Gasteiger partial charge in [0.2, 0.25) is 0 Å². The molecule has 0 radical (unpaired) electrons. The molecular weight excluding hydrogens is 208 g/mol. The molecule has 6 heteroatoms. The van der Waals surface area contributed by atoms with Crippen LogP contribution in [-0.4, -0.2) is 15.2 Å². The minimum atomic E-state index is -0.657. The fourth-order valence-corrected chi connectivity index (χ4v) is 1.73. The lowest BCUT2D eigenvalue weighted by Gasteiger charge is -2.06. The first-order chi connectivity index (χ1) is 7.44. The molecule has 86 valence electrons. The molecule has 2 heterocycles. The van der Waals surface area contributed by atoms with Gasteiger partial charge in [-0.1, -0.05) is 6.92 Å². The van der Waals surface area contributed by atoms with Gasteiger partial charge in [0, 0.05) is 6.54 Å². The standard InChI is InChI=1S/C10H14N4O2/c1-4-5-14-8(15)6-7(11-9(14)16)13-10(2,3)12-6/h4-5H2,1-3H3,(H,11,13,16). The van der Waals surface area contributed by atoms with Crippen LogP contribution in [0.25, 0.3) is 0 Å². The first-order valence-electron chi connectivity index (χ1n) is 5.27. The Kier molecular flexibility index (Phi) is 2.29. The Balaban J connectivity index is 2.84. The first-order valence-corrected chi connectivity index (χ1v) is 5.27. The van der Waals surface area contributed by atoms with Gasteiger partial charge < -0.3 is 0 Å². The molecule has 0 bridgehead atoms. The molecule has 1 N–H and O–H groups in total. The molecule has 0 aliphatic carbocycles. The van der Waals surface area contributed by atoms with Crippen molar-refractivity contribution in [2.45, 2.75) is 39.4 Å². The van der Waals surface area contributed by atoms with Crippen LogP contribution in [0.5, 0.6) is 0 Å². The molecule has 0 saturated carbocycles. The molecule has 0 fully saturated rings. The lowest BCUT2D eigenvalue weighted by atomic mass is 10.3. The molecule has 0 saturated heterocycles. The van der Waals surface area contributed by atoms with Gasteiger partial charge in [-0.15, -0.1) is 0 Å². The maximum Gasteiger partial charge on any atom is 0.330 e. The summed E-state index contributed by atoms with van der Waals surface area (Å²) in [5, 5.41) is 0.262. The van der Waals surface area contributed by atoms with Gasteiger partial charge in [-0.2, -0.15) is 0 Å². The fraction of sp³-hybridized carbons (Fsp3) is 0.600. The molecule has 0 amide bonds. The van der Waals surface area contributed by atoms with Gasteiger partial charge in [0.1, 0.15) is 5.66 Å². The summed E-state index contributed by atoms with van der Waals surface area (Å²) >= 11 is 0. The molecule has 0 aromatic carbocycles. The Labute approximate surface area is 91.4 Å². The van der Waals surface area contributed by atoms with E-state index in [0.29, 0.717) is 12.0 Å². The van der Waals surface area contributed by atoms with Crippen molar-refractivity contribution in [3.05, 3.63) is 31.7 Å². The fourth-order valence-electron chi connectivity index (χ4n) is 1.73. The summed E-state index contributed by atoms with van der Waals surface area (Å²) in [6, 6.07) is 0. The number of aromatic amines is 1. The first kappa shape index (κ1) is 10.8. The zero-order valence-corrected chi connectivity index (χ0v) is 9.57. The largest absolute Gasteiger partial charge is 0.330 e. The van der Waals surface area contributed by atoms with E-state index >= 15 is 0 Å². The van der Waals surface area contributed by atoms with Crippen LogP contribution in [0.1, 0.15) is 27.2 Å². The Bertz CT molecular complexity index is 651. The van der Waals surface area contributed by atoms with Gasteiger partial charge in [-0.25, -0.2) is 14.8 Å². The zero-order chi connectivity index (χ0) is 11.9. The third-order valence-electron chi connectivity index (χ3n) is 2.36. The third-order valence-corrected chi connectivity index (χ3v) is 2.36. The molecule has 0 atom stereocenters. The average molecular weight is 222 g/mol. The number of rotatable bonds is 2. The molecule has 1 aromatic rings. The molecular formula is C10H14N4O2. The Morgan fingerprint density at radius 3 is 2.62 bits per heavy atom. The van der Waals surface area contributed by atoms with Crippen molar-refractivity contribution in [2.24, 2.45) is 9.98 Å². The van der Waals surface area contributed by atoms with Crippen molar-refractivity contribution in [3.8, 4) is 0 Å². The summed E-state index contributed by atoms with van der Waals surface area (Å²) in [6.07, 6.45) is 0.725. The number of nitrogens with zero attached hydrogens (tertiary/aromatic N) is 3. The Morgan fingerprint density at radius 2 is 2.00 bits per heavy atom. The molecule has 0 unspecified atom stereocenters. The molecule has 1 aliphatic rings.